The van der Waals surface area contributed by atoms with Gasteiger partial charge in [0.2, 0.25) is 11.8 Å². The third-order valence-electron chi connectivity index (χ3n) is 5.10. The highest BCUT2D eigenvalue weighted by atomic mass is 16.6. The van der Waals surface area contributed by atoms with Crippen molar-refractivity contribution in [3.8, 4) is 0 Å². The molecule has 0 bridgehead atoms. The Balaban J connectivity index is 2.00. The Bertz CT molecular complexity index is 476. The van der Waals surface area contributed by atoms with E-state index in [1.807, 2.05) is 6.92 Å². The van der Waals surface area contributed by atoms with Crippen LogP contribution in [0, 0.1) is 11.8 Å². The van der Waals surface area contributed by atoms with Gasteiger partial charge in [-0.1, -0.05) is 39.0 Å². The summed E-state index contributed by atoms with van der Waals surface area (Å²) in [6.07, 6.45) is 6.79. The zero-order valence-corrected chi connectivity index (χ0v) is 14.3. The Morgan fingerprint density at radius 3 is 2.50 bits per heavy atom. The van der Waals surface area contributed by atoms with E-state index < -0.39 is 17.9 Å². The molecule has 0 unspecified atom stereocenters. The first kappa shape index (κ1) is 18.7. The first-order chi connectivity index (χ1) is 11.4. The van der Waals surface area contributed by atoms with Crippen LogP contribution in [0.3, 0.4) is 0 Å². The molecule has 4 atom stereocenters. The summed E-state index contributed by atoms with van der Waals surface area (Å²) >= 11 is 0. The first-order valence-corrected chi connectivity index (χ1v) is 8.91. The van der Waals surface area contributed by atoms with Gasteiger partial charge in [-0.05, 0) is 18.8 Å². The number of amides is 2. The van der Waals surface area contributed by atoms with Crippen LogP contribution >= 0.6 is 0 Å². The molecule has 1 aliphatic carbocycles. The van der Waals surface area contributed by atoms with E-state index >= 15 is 0 Å². The molecule has 1 aliphatic heterocycles. The van der Waals surface area contributed by atoms with E-state index in [2.05, 4.69) is 5.32 Å². The molecule has 1 saturated carbocycles. The molecule has 1 saturated heterocycles. The largest absolute Gasteiger partial charge is 0.460 e. The number of hydrogen-bond donors (Lipinski definition) is 3. The van der Waals surface area contributed by atoms with Crippen LogP contribution in [0.2, 0.25) is 0 Å². The molecule has 0 aromatic rings. The summed E-state index contributed by atoms with van der Waals surface area (Å²) in [5.74, 6) is -0.872. The van der Waals surface area contributed by atoms with Crippen molar-refractivity contribution in [2.24, 2.45) is 23.3 Å². The molecule has 0 aromatic carbocycles. The van der Waals surface area contributed by atoms with E-state index in [1.54, 1.807) is 0 Å². The maximum Gasteiger partial charge on any atom is 0.309 e. The lowest BCUT2D eigenvalue weighted by molar-refractivity contribution is -0.145. The number of carbonyl (C=O) groups is 3. The second kappa shape index (κ2) is 8.46. The molecule has 7 heteroatoms. The van der Waals surface area contributed by atoms with Crippen molar-refractivity contribution in [3.05, 3.63) is 0 Å². The second-order valence-corrected chi connectivity index (χ2v) is 7.24. The van der Waals surface area contributed by atoms with Gasteiger partial charge < -0.3 is 21.5 Å². The summed E-state index contributed by atoms with van der Waals surface area (Å²) in [5.41, 5.74) is 10.8. The summed E-state index contributed by atoms with van der Waals surface area (Å²) in [6.45, 7) is 1.83. The third kappa shape index (κ3) is 5.19. The quantitative estimate of drug-likeness (QED) is 0.586. The van der Waals surface area contributed by atoms with Crippen molar-refractivity contribution in [1.29, 1.82) is 0 Å². The van der Waals surface area contributed by atoms with Crippen molar-refractivity contribution in [3.63, 3.8) is 0 Å². The minimum absolute atomic E-state index is 0.153. The van der Waals surface area contributed by atoms with Gasteiger partial charge in [0.05, 0.1) is 24.4 Å². The zero-order valence-electron chi connectivity index (χ0n) is 14.3. The lowest BCUT2D eigenvalue weighted by Gasteiger charge is -2.30. The van der Waals surface area contributed by atoms with Gasteiger partial charge in [-0.3, -0.25) is 14.4 Å². The molecule has 136 valence electrons. The molecular formula is C17H29N3O4. The van der Waals surface area contributed by atoms with Gasteiger partial charge in [0.1, 0.15) is 6.10 Å². The topological polar surface area (TPSA) is 125 Å². The average molecular weight is 339 g/mol. The number of ether oxygens (including phenoxy) is 1. The predicted molar refractivity (Wildman–Crippen MR) is 88.6 cm³/mol. The maximum atomic E-state index is 12.3. The van der Waals surface area contributed by atoms with Crippen LogP contribution in [0.25, 0.3) is 0 Å². The Morgan fingerprint density at radius 1 is 1.29 bits per heavy atom. The molecule has 0 radical (unpaired) electrons. The fourth-order valence-electron chi connectivity index (χ4n) is 3.69. The highest BCUT2D eigenvalue weighted by Crippen LogP contribution is 2.31. The summed E-state index contributed by atoms with van der Waals surface area (Å²) in [6, 6.07) is -1.22. The third-order valence-corrected chi connectivity index (χ3v) is 5.10. The second-order valence-electron chi connectivity index (χ2n) is 7.24. The minimum atomic E-state index is -0.967. The van der Waals surface area contributed by atoms with Crippen molar-refractivity contribution in [1.82, 2.24) is 5.32 Å². The summed E-state index contributed by atoms with van der Waals surface area (Å²) < 4.78 is 5.45. The normalized spacial score (nSPS) is 27.3. The fourth-order valence-corrected chi connectivity index (χ4v) is 3.69. The zero-order chi connectivity index (χ0) is 17.7. The van der Waals surface area contributed by atoms with Gasteiger partial charge in [-0.2, -0.15) is 0 Å². The molecular weight excluding hydrogens is 310 g/mol. The molecule has 5 N–H and O–H groups in total. The number of rotatable bonds is 7. The van der Waals surface area contributed by atoms with Crippen molar-refractivity contribution >= 4 is 17.8 Å². The predicted octanol–water partition coefficient (Wildman–Crippen LogP) is 0.596. The Hall–Kier alpha value is -1.63. The van der Waals surface area contributed by atoms with E-state index in [4.69, 9.17) is 16.2 Å². The van der Waals surface area contributed by atoms with Gasteiger partial charge in [0, 0.05) is 0 Å². The molecule has 24 heavy (non-hydrogen) atoms. The molecule has 2 amide bonds. The van der Waals surface area contributed by atoms with E-state index in [9.17, 15) is 14.4 Å². The number of nitrogens with two attached hydrogens (primary N) is 2. The highest BCUT2D eigenvalue weighted by molar-refractivity contribution is 5.87. The SMILES string of the molecule is C[C@@H]1C[C@@H]([C@H](CC2CCCCC2)NC(=O)[C@@H](N)CC(N)=O)OC1=O. The van der Waals surface area contributed by atoms with Crippen LogP contribution in [0.4, 0.5) is 0 Å². The van der Waals surface area contributed by atoms with Gasteiger partial charge in [-0.15, -0.1) is 0 Å². The van der Waals surface area contributed by atoms with E-state index in [1.165, 1.54) is 19.3 Å². The summed E-state index contributed by atoms with van der Waals surface area (Å²) in [5, 5.41) is 2.90. The maximum absolute atomic E-state index is 12.3. The monoisotopic (exact) mass is 339 g/mol. The Kier molecular flexibility index (Phi) is 6.60. The number of primary amides is 1. The smallest absolute Gasteiger partial charge is 0.309 e. The number of carbonyl (C=O) groups excluding carboxylic acids is 3. The summed E-state index contributed by atoms with van der Waals surface area (Å²) in [7, 11) is 0. The Morgan fingerprint density at radius 2 is 1.96 bits per heavy atom. The van der Waals surface area contributed by atoms with Crippen LogP contribution in [0.1, 0.15) is 58.3 Å². The van der Waals surface area contributed by atoms with Crippen LogP contribution in [0.5, 0.6) is 0 Å². The minimum Gasteiger partial charge on any atom is -0.460 e. The number of cyclic esters (lactones) is 1. The van der Waals surface area contributed by atoms with Crippen LogP contribution in [-0.4, -0.2) is 36.0 Å². The van der Waals surface area contributed by atoms with E-state index in [-0.39, 0.29) is 30.5 Å². The van der Waals surface area contributed by atoms with Crippen LogP contribution < -0.4 is 16.8 Å². The average Bonchev–Trinajstić information content (AvgIpc) is 2.86. The number of hydrogen-bond acceptors (Lipinski definition) is 5. The van der Waals surface area contributed by atoms with Crippen molar-refractivity contribution in [2.45, 2.75) is 76.5 Å². The summed E-state index contributed by atoms with van der Waals surface area (Å²) in [4.78, 5) is 34.9. The number of nitrogens with one attached hydrogen (secondary N) is 1. The molecule has 1 heterocycles. The van der Waals surface area contributed by atoms with Gasteiger partial charge in [0.15, 0.2) is 0 Å². The van der Waals surface area contributed by atoms with Gasteiger partial charge in [-0.25, -0.2) is 0 Å². The van der Waals surface area contributed by atoms with Crippen LogP contribution in [-0.2, 0) is 19.1 Å². The van der Waals surface area contributed by atoms with Gasteiger partial charge in [0.25, 0.3) is 0 Å². The molecule has 2 aliphatic rings. The highest BCUT2D eigenvalue weighted by Gasteiger charge is 2.38. The number of esters is 1. The molecule has 0 spiro atoms. The van der Waals surface area contributed by atoms with Crippen molar-refractivity contribution < 1.29 is 19.1 Å². The van der Waals surface area contributed by atoms with E-state index in [0.29, 0.717) is 12.3 Å². The molecule has 7 nitrogen and oxygen atoms in total. The molecule has 2 rings (SSSR count). The molecule has 0 aromatic heterocycles. The van der Waals surface area contributed by atoms with Crippen LogP contribution in [0.15, 0.2) is 0 Å². The fraction of sp³-hybridized carbons (Fsp3) is 0.824. The van der Waals surface area contributed by atoms with E-state index in [0.717, 1.165) is 19.3 Å². The first-order valence-electron chi connectivity index (χ1n) is 8.91. The lowest BCUT2D eigenvalue weighted by Crippen LogP contribution is -2.51. The molecule has 2 fully saturated rings. The standard InChI is InChI=1S/C17H29N3O4/c1-10-7-14(24-17(10)23)13(8-11-5-3-2-4-6-11)20-16(22)12(18)9-15(19)21/h10-14H,2-9,18H2,1H3,(H2,19,21)(H,20,22)/t10-,12+,13+,14+/m1/s1. The van der Waals surface area contributed by atoms with Crippen molar-refractivity contribution in [2.75, 3.05) is 0 Å². The Labute approximate surface area is 142 Å². The van der Waals surface area contributed by atoms with Gasteiger partial charge >= 0.3 is 5.97 Å². The lowest BCUT2D eigenvalue weighted by atomic mass is 9.83.